The second-order valence-corrected chi connectivity index (χ2v) is 9.87. The fourth-order valence-electron chi connectivity index (χ4n) is 5.15. The summed E-state index contributed by atoms with van der Waals surface area (Å²) in [5.74, 6) is 1.24. The fourth-order valence-corrected chi connectivity index (χ4v) is 5.35. The summed E-state index contributed by atoms with van der Waals surface area (Å²) in [5, 5.41) is 19.0. The van der Waals surface area contributed by atoms with Crippen molar-refractivity contribution in [2.24, 2.45) is 17.3 Å². The molecule has 4 rings (SSSR count). The highest BCUT2D eigenvalue weighted by atomic mass is 35.5. The van der Waals surface area contributed by atoms with E-state index in [-0.39, 0.29) is 17.4 Å². The monoisotopic (exact) mass is 439 g/mol. The lowest BCUT2D eigenvalue weighted by Crippen LogP contribution is -2.47. The molecule has 2 saturated heterocycles. The van der Waals surface area contributed by atoms with Crippen LogP contribution in [0.1, 0.15) is 32.8 Å². The average molecular weight is 440 g/mol. The first-order valence-corrected chi connectivity index (χ1v) is 10.8. The number of hydrogen-bond donors (Lipinski definition) is 1. The molecule has 2 aliphatic heterocycles. The van der Waals surface area contributed by atoms with Crippen molar-refractivity contribution < 1.29 is 9.90 Å². The summed E-state index contributed by atoms with van der Waals surface area (Å²) in [7, 11) is 0. The molecule has 1 N–H and O–H groups in total. The highest BCUT2D eigenvalue weighted by Gasteiger charge is 2.50. The van der Waals surface area contributed by atoms with E-state index < -0.39 is 6.09 Å². The Bertz CT molecular complexity index is 1030. The molecule has 0 radical (unpaired) electrons. The molecule has 7 nitrogen and oxygen atoms in total. The number of nitrogens with zero attached hydrogens (tertiary/aromatic N) is 5. The highest BCUT2D eigenvalue weighted by molar-refractivity contribution is 6.32. The van der Waals surface area contributed by atoms with Crippen LogP contribution in [0.5, 0.6) is 0 Å². The SMILES string of the molecule is CC(C)(C)C1C2CCN(C(=O)O)CC2CN1c1ncc(Cl)c(-c2ccc(C#N)cc2)n1. The normalized spacial score (nSPS) is 23.4. The molecule has 31 heavy (non-hydrogen) atoms. The molecular formula is C23H26ClN5O2. The van der Waals surface area contributed by atoms with Gasteiger partial charge in [0.1, 0.15) is 0 Å². The van der Waals surface area contributed by atoms with Gasteiger partial charge in [-0.25, -0.2) is 14.8 Å². The van der Waals surface area contributed by atoms with E-state index in [0.717, 1.165) is 12.0 Å². The van der Waals surface area contributed by atoms with E-state index in [4.69, 9.17) is 21.8 Å². The van der Waals surface area contributed by atoms with Gasteiger partial charge in [0, 0.05) is 31.2 Å². The zero-order valence-electron chi connectivity index (χ0n) is 17.9. The van der Waals surface area contributed by atoms with Gasteiger partial charge in [-0.1, -0.05) is 44.5 Å². The molecule has 3 atom stereocenters. The van der Waals surface area contributed by atoms with Crippen LogP contribution in [0.4, 0.5) is 10.7 Å². The minimum Gasteiger partial charge on any atom is -0.465 e. The van der Waals surface area contributed by atoms with E-state index in [9.17, 15) is 9.90 Å². The van der Waals surface area contributed by atoms with Crippen molar-refractivity contribution in [1.29, 1.82) is 5.26 Å². The van der Waals surface area contributed by atoms with Crippen molar-refractivity contribution in [3.8, 4) is 17.3 Å². The zero-order valence-corrected chi connectivity index (χ0v) is 18.7. The van der Waals surface area contributed by atoms with Gasteiger partial charge in [-0.3, -0.25) is 0 Å². The van der Waals surface area contributed by atoms with Crippen molar-refractivity contribution in [2.45, 2.75) is 33.2 Å². The van der Waals surface area contributed by atoms with E-state index in [1.807, 2.05) is 12.1 Å². The van der Waals surface area contributed by atoms with Gasteiger partial charge in [0.25, 0.3) is 0 Å². The molecule has 0 saturated carbocycles. The van der Waals surface area contributed by atoms with Crippen LogP contribution in [0.25, 0.3) is 11.3 Å². The van der Waals surface area contributed by atoms with Gasteiger partial charge in [-0.05, 0) is 35.8 Å². The van der Waals surface area contributed by atoms with Crippen LogP contribution in [-0.2, 0) is 0 Å². The van der Waals surface area contributed by atoms with E-state index in [0.29, 0.717) is 47.8 Å². The van der Waals surface area contributed by atoms with Crippen LogP contribution in [-0.4, -0.2) is 51.7 Å². The van der Waals surface area contributed by atoms with Crippen molar-refractivity contribution >= 4 is 23.6 Å². The van der Waals surface area contributed by atoms with Gasteiger partial charge in [0.05, 0.1) is 28.5 Å². The lowest BCUT2D eigenvalue weighted by molar-refractivity contribution is 0.0950. The number of hydrogen-bond acceptors (Lipinski definition) is 5. The maximum Gasteiger partial charge on any atom is 0.407 e. The van der Waals surface area contributed by atoms with E-state index in [2.05, 4.69) is 36.7 Å². The van der Waals surface area contributed by atoms with Gasteiger partial charge in [-0.2, -0.15) is 5.26 Å². The molecule has 0 bridgehead atoms. The van der Waals surface area contributed by atoms with Crippen LogP contribution in [0.15, 0.2) is 30.5 Å². The predicted molar refractivity (Wildman–Crippen MR) is 119 cm³/mol. The first-order chi connectivity index (χ1) is 14.7. The van der Waals surface area contributed by atoms with Gasteiger partial charge in [-0.15, -0.1) is 0 Å². The van der Waals surface area contributed by atoms with Gasteiger partial charge >= 0.3 is 6.09 Å². The fraction of sp³-hybridized carbons (Fsp3) is 0.478. The Labute approximate surface area is 187 Å². The summed E-state index contributed by atoms with van der Waals surface area (Å²) in [6, 6.07) is 9.49. The third kappa shape index (κ3) is 4.05. The second-order valence-electron chi connectivity index (χ2n) is 9.46. The number of likely N-dealkylation sites (tertiary alicyclic amines) is 1. The maximum absolute atomic E-state index is 11.5. The summed E-state index contributed by atoms with van der Waals surface area (Å²) in [5.41, 5.74) is 2.01. The first kappa shape index (κ1) is 21.4. The Morgan fingerprint density at radius 1 is 1.26 bits per heavy atom. The summed E-state index contributed by atoms with van der Waals surface area (Å²) < 4.78 is 0. The molecule has 1 aromatic carbocycles. The molecule has 8 heteroatoms. The molecule has 0 spiro atoms. The first-order valence-electron chi connectivity index (χ1n) is 10.5. The summed E-state index contributed by atoms with van der Waals surface area (Å²) in [6.45, 7) is 8.47. The van der Waals surface area contributed by atoms with Crippen LogP contribution in [0, 0.1) is 28.6 Å². The molecule has 0 aliphatic carbocycles. The number of halogens is 1. The lowest BCUT2D eigenvalue weighted by atomic mass is 9.74. The van der Waals surface area contributed by atoms with Crippen molar-refractivity contribution in [3.63, 3.8) is 0 Å². The van der Waals surface area contributed by atoms with Crippen LogP contribution >= 0.6 is 11.6 Å². The molecule has 1 aromatic heterocycles. The minimum absolute atomic E-state index is 0.0254. The largest absolute Gasteiger partial charge is 0.465 e. The van der Waals surface area contributed by atoms with Gasteiger partial charge in [0.2, 0.25) is 5.95 Å². The molecule has 3 heterocycles. The third-order valence-corrected chi connectivity index (χ3v) is 6.68. The molecule has 2 aromatic rings. The van der Waals surface area contributed by atoms with E-state index in [1.54, 1.807) is 18.3 Å². The van der Waals surface area contributed by atoms with Crippen LogP contribution in [0.3, 0.4) is 0 Å². The Morgan fingerprint density at radius 2 is 1.97 bits per heavy atom. The van der Waals surface area contributed by atoms with Crippen LogP contribution < -0.4 is 4.90 Å². The molecule has 2 aliphatic rings. The Kier molecular flexibility index (Phi) is 5.52. The summed E-state index contributed by atoms with van der Waals surface area (Å²) >= 11 is 6.43. The molecule has 2 fully saturated rings. The number of benzene rings is 1. The van der Waals surface area contributed by atoms with Gasteiger partial charge in [0.15, 0.2) is 0 Å². The molecule has 3 unspecified atom stereocenters. The van der Waals surface area contributed by atoms with Crippen molar-refractivity contribution in [1.82, 2.24) is 14.9 Å². The topological polar surface area (TPSA) is 93.4 Å². The number of fused-ring (bicyclic) bond motifs is 1. The Balaban J connectivity index is 1.70. The zero-order chi connectivity index (χ0) is 22.3. The quantitative estimate of drug-likeness (QED) is 0.739. The molecule has 1 amide bonds. The number of rotatable bonds is 2. The van der Waals surface area contributed by atoms with Crippen molar-refractivity contribution in [3.05, 3.63) is 41.0 Å². The standard InChI is InChI=1S/C23H26ClN5O2/c1-23(2,3)20-17-8-9-28(22(30)31)12-16(17)13-29(20)21-26-11-18(24)19(27-21)15-6-4-14(10-25)5-7-15/h4-7,11,16-17,20H,8-9,12-13H2,1-3H3,(H,30,31). The number of nitriles is 1. The Hall–Kier alpha value is -2.85. The predicted octanol–water partition coefficient (Wildman–Crippen LogP) is 4.52. The van der Waals surface area contributed by atoms with Crippen molar-refractivity contribution in [2.75, 3.05) is 24.5 Å². The number of anilines is 1. The number of aromatic nitrogens is 2. The highest BCUT2D eigenvalue weighted by Crippen LogP contribution is 2.45. The minimum atomic E-state index is -0.852. The number of amides is 1. The molecular weight excluding hydrogens is 414 g/mol. The average Bonchev–Trinajstić information content (AvgIpc) is 3.13. The van der Waals surface area contributed by atoms with Crippen LogP contribution in [0.2, 0.25) is 5.02 Å². The lowest BCUT2D eigenvalue weighted by Gasteiger charge is -2.41. The van der Waals surface area contributed by atoms with Gasteiger partial charge < -0.3 is 14.9 Å². The number of carbonyl (C=O) groups is 1. The number of carboxylic acid groups (broad SMARTS) is 1. The molecule has 162 valence electrons. The van der Waals surface area contributed by atoms with E-state index >= 15 is 0 Å². The third-order valence-electron chi connectivity index (χ3n) is 6.40. The Morgan fingerprint density at radius 3 is 2.58 bits per heavy atom. The summed E-state index contributed by atoms with van der Waals surface area (Å²) in [6.07, 6.45) is 1.61. The number of piperidine rings is 1. The summed E-state index contributed by atoms with van der Waals surface area (Å²) in [4.78, 5) is 24.7. The smallest absolute Gasteiger partial charge is 0.407 e. The second kappa shape index (κ2) is 8.01. The van der Waals surface area contributed by atoms with E-state index in [1.165, 1.54) is 4.90 Å². The maximum atomic E-state index is 11.5.